The molecule has 0 fully saturated rings. The van der Waals surface area contributed by atoms with Crippen LogP contribution in [0.1, 0.15) is 45.0 Å². The number of nitrogens with zero attached hydrogens (tertiary/aromatic N) is 2. The highest BCUT2D eigenvalue weighted by Crippen LogP contribution is 2.41. The normalized spacial score (nSPS) is 16.3. The maximum Gasteiger partial charge on any atom is 0.326 e. The number of carbonyl (C=O) groups excluding carboxylic acids is 2. The minimum absolute atomic E-state index is 0.00863. The number of halogens is 2. The molecule has 3 N–H and O–H groups in total. The second-order valence-electron chi connectivity index (χ2n) is 15.2. The van der Waals surface area contributed by atoms with Crippen molar-refractivity contribution in [2.45, 2.75) is 56.0 Å². The number of carboxylic acid groups (broad SMARTS) is 1. The number of ether oxygens (including phenoxy) is 2. The zero-order valence-corrected chi connectivity index (χ0v) is 35.9. The van der Waals surface area contributed by atoms with Crippen LogP contribution in [0.3, 0.4) is 0 Å². The van der Waals surface area contributed by atoms with Crippen molar-refractivity contribution < 1.29 is 37.4 Å². The third-order valence-electron chi connectivity index (χ3n) is 11.0. The van der Waals surface area contributed by atoms with Crippen molar-refractivity contribution >= 4 is 56.7 Å². The lowest BCUT2D eigenvalue weighted by Crippen LogP contribution is -2.55. The number of hydrogen-bond acceptors (Lipinski definition) is 8. The fourth-order valence-corrected chi connectivity index (χ4v) is 9.76. The van der Waals surface area contributed by atoms with Crippen molar-refractivity contribution in [1.82, 2.24) is 9.62 Å². The average molecular weight is 902 g/mol. The molecule has 2 heterocycles. The Labute approximate surface area is 373 Å². The smallest absolute Gasteiger partial charge is 0.326 e. The van der Waals surface area contributed by atoms with Gasteiger partial charge in [-0.15, -0.1) is 0 Å². The Kier molecular flexibility index (Phi) is 12.3. The van der Waals surface area contributed by atoms with E-state index < -0.39 is 46.0 Å². The maximum absolute atomic E-state index is 14.5. The number of aliphatic carboxylic acids is 1. The molecule has 8 rings (SSSR count). The van der Waals surface area contributed by atoms with Crippen molar-refractivity contribution in [2.24, 2.45) is 0 Å². The van der Waals surface area contributed by atoms with Gasteiger partial charge >= 0.3 is 5.97 Å². The first kappa shape index (κ1) is 43.0. The summed E-state index contributed by atoms with van der Waals surface area (Å²) in [7, 11) is -4.32. The van der Waals surface area contributed by atoms with Crippen LogP contribution in [-0.2, 0) is 50.4 Å². The van der Waals surface area contributed by atoms with E-state index in [0.717, 1.165) is 21.0 Å². The van der Waals surface area contributed by atoms with Crippen molar-refractivity contribution in [3.63, 3.8) is 0 Å². The van der Waals surface area contributed by atoms with E-state index >= 15 is 0 Å². The first-order valence-electron chi connectivity index (χ1n) is 19.8. The predicted octanol–water partition coefficient (Wildman–Crippen LogP) is 8.42. The Hall–Kier alpha value is -6.69. The van der Waals surface area contributed by atoms with Gasteiger partial charge in [-0.25, -0.2) is 13.2 Å². The molecule has 6 aromatic carbocycles. The van der Waals surface area contributed by atoms with Gasteiger partial charge in [-0.1, -0.05) is 96.0 Å². The molecule has 2 aliphatic heterocycles. The molecule has 3 atom stereocenters. The number of benzene rings is 6. The summed E-state index contributed by atoms with van der Waals surface area (Å²) in [4.78, 5) is 40.4. The molecular weight excluding hydrogens is 864 g/mol. The Bertz CT molecular complexity index is 2900. The van der Waals surface area contributed by atoms with E-state index in [4.69, 9.17) is 37.9 Å². The molecule has 0 radical (unpaired) electrons. The van der Waals surface area contributed by atoms with E-state index in [9.17, 15) is 27.9 Å². The van der Waals surface area contributed by atoms with E-state index in [1.54, 1.807) is 97.9 Å². The van der Waals surface area contributed by atoms with Gasteiger partial charge in [0, 0.05) is 18.5 Å². The lowest BCUT2D eigenvalue weighted by atomic mass is 9.93. The summed E-state index contributed by atoms with van der Waals surface area (Å²) < 4.78 is 42.2. The van der Waals surface area contributed by atoms with Gasteiger partial charge < -0.3 is 25.2 Å². The SMILES string of the molecule is Cc1ccccc1S(=O)(=O)N1Cc2cc3c(cc2CC1C(=O)N[C@@H](Cc1ccc(-c2ccc(C#N)cc2)cc1)C(=O)O)NC(=O)C(c1ccc(OCc2ccc(Cl)c(Cl)c2)cc1)O3. The minimum Gasteiger partial charge on any atom is -0.489 e. The van der Waals surface area contributed by atoms with E-state index in [1.807, 2.05) is 30.3 Å². The highest BCUT2D eigenvalue weighted by Gasteiger charge is 2.42. The first-order valence-corrected chi connectivity index (χ1v) is 22.0. The molecule has 318 valence electrons. The summed E-state index contributed by atoms with van der Waals surface area (Å²) in [6.07, 6.45) is -1.22. The number of amides is 2. The van der Waals surface area contributed by atoms with Gasteiger partial charge in [0.2, 0.25) is 22.0 Å². The molecule has 6 aromatic rings. The molecule has 0 saturated heterocycles. The summed E-state index contributed by atoms with van der Waals surface area (Å²) in [5.74, 6) is -1.66. The number of sulfonamides is 1. The molecule has 0 bridgehead atoms. The topological polar surface area (TPSA) is 175 Å². The third-order valence-corrected chi connectivity index (χ3v) is 13.8. The van der Waals surface area contributed by atoms with E-state index in [1.165, 1.54) is 6.07 Å². The summed E-state index contributed by atoms with van der Waals surface area (Å²) in [5, 5.41) is 25.8. The first-order chi connectivity index (χ1) is 30.3. The zero-order chi connectivity index (χ0) is 44.4. The Morgan fingerprint density at radius 2 is 1.59 bits per heavy atom. The summed E-state index contributed by atoms with van der Waals surface area (Å²) in [5.41, 5.74) is 6.21. The van der Waals surface area contributed by atoms with Gasteiger partial charge in [0.15, 0.2) is 0 Å². The fourth-order valence-electron chi connectivity index (χ4n) is 7.64. The van der Waals surface area contributed by atoms with Crippen molar-refractivity contribution in [3.8, 4) is 28.7 Å². The number of carbonyl (C=O) groups is 3. The Morgan fingerprint density at radius 3 is 2.25 bits per heavy atom. The number of nitriles is 1. The number of fused-ring (bicyclic) bond motifs is 2. The van der Waals surface area contributed by atoms with Crippen LogP contribution >= 0.6 is 23.2 Å². The second kappa shape index (κ2) is 18.0. The maximum atomic E-state index is 14.5. The largest absolute Gasteiger partial charge is 0.489 e. The summed E-state index contributed by atoms with van der Waals surface area (Å²) >= 11 is 12.2. The molecule has 12 nitrogen and oxygen atoms in total. The predicted molar refractivity (Wildman–Crippen MR) is 237 cm³/mol. The Morgan fingerprint density at radius 1 is 0.905 bits per heavy atom. The van der Waals surface area contributed by atoms with Crippen molar-refractivity contribution in [1.29, 1.82) is 5.26 Å². The molecule has 15 heteroatoms. The number of carboxylic acids is 1. The molecule has 0 saturated carbocycles. The second-order valence-corrected chi connectivity index (χ2v) is 17.9. The van der Waals surface area contributed by atoms with Gasteiger partial charge in [0.05, 0.1) is 32.3 Å². The van der Waals surface area contributed by atoms with Gasteiger partial charge in [0.1, 0.15) is 30.2 Å². The number of aryl methyl sites for hydroxylation is 1. The molecule has 2 amide bonds. The molecule has 0 aromatic heterocycles. The van der Waals surface area contributed by atoms with Crippen LogP contribution in [0.15, 0.2) is 132 Å². The lowest BCUT2D eigenvalue weighted by Gasteiger charge is -2.37. The zero-order valence-electron chi connectivity index (χ0n) is 33.5. The Balaban J connectivity index is 1.02. The average Bonchev–Trinajstić information content (AvgIpc) is 3.28. The van der Waals surface area contributed by atoms with Gasteiger partial charge in [-0.3, -0.25) is 9.59 Å². The highest BCUT2D eigenvalue weighted by atomic mass is 35.5. The third kappa shape index (κ3) is 9.26. The van der Waals surface area contributed by atoms with Crippen LogP contribution in [-0.4, -0.2) is 47.7 Å². The summed E-state index contributed by atoms with van der Waals surface area (Å²) in [6.45, 7) is 1.67. The van der Waals surface area contributed by atoms with Gasteiger partial charge in [0.25, 0.3) is 5.91 Å². The van der Waals surface area contributed by atoms with Crippen LogP contribution < -0.4 is 20.1 Å². The summed E-state index contributed by atoms with van der Waals surface area (Å²) in [6, 6.07) is 35.5. The van der Waals surface area contributed by atoms with Crippen molar-refractivity contribution in [2.75, 3.05) is 5.32 Å². The standard InChI is InChI=1S/C48H38Cl2N4O8S/c1-28-4-2-3-5-44(28)63(59,60)54-26-36-24-43-40(52-47(56)45(62-43)34-15-17-37(18-16-34)61-27-31-10-19-38(49)39(50)20-31)22-35(36)23-42(54)46(55)53-41(48(57)58)21-29-6-11-32(12-7-29)33-13-8-30(25-51)9-14-33/h2-20,22,24,41-42,45H,21,23,26-27H2,1H3,(H,52,56)(H,53,55)(H,57,58)/t41-,42?,45?/m0/s1. The molecule has 63 heavy (non-hydrogen) atoms. The van der Waals surface area contributed by atoms with Crippen LogP contribution in [0, 0.1) is 18.3 Å². The molecule has 2 unspecified atom stereocenters. The fraction of sp³-hybridized carbons (Fsp3) is 0.167. The van der Waals surface area contributed by atoms with Crippen LogP contribution in [0.25, 0.3) is 11.1 Å². The van der Waals surface area contributed by atoms with Crippen molar-refractivity contribution in [3.05, 3.63) is 176 Å². The quantitative estimate of drug-likeness (QED) is 0.109. The monoisotopic (exact) mass is 900 g/mol. The number of hydrogen-bond donors (Lipinski definition) is 3. The van der Waals surface area contributed by atoms with E-state index in [0.29, 0.717) is 60.6 Å². The van der Waals surface area contributed by atoms with Crippen LogP contribution in [0.2, 0.25) is 10.0 Å². The number of anilines is 1. The number of rotatable bonds is 12. The van der Waals surface area contributed by atoms with Gasteiger partial charge in [-0.2, -0.15) is 9.57 Å². The lowest BCUT2D eigenvalue weighted by molar-refractivity contribution is -0.142. The van der Waals surface area contributed by atoms with Crippen LogP contribution in [0.4, 0.5) is 5.69 Å². The van der Waals surface area contributed by atoms with E-state index in [2.05, 4.69) is 16.7 Å². The number of nitrogens with one attached hydrogen (secondary N) is 2. The van der Waals surface area contributed by atoms with Gasteiger partial charge in [-0.05, 0) is 107 Å². The minimum atomic E-state index is -4.32. The molecule has 0 spiro atoms. The molecular formula is C48H38Cl2N4O8S. The van der Waals surface area contributed by atoms with Crippen LogP contribution in [0.5, 0.6) is 11.5 Å². The highest BCUT2D eigenvalue weighted by molar-refractivity contribution is 7.89. The molecule has 0 aliphatic carbocycles. The van der Waals surface area contributed by atoms with E-state index in [-0.39, 0.29) is 30.9 Å². The molecule has 2 aliphatic rings.